The quantitative estimate of drug-likeness (QED) is 0.631. The van der Waals surface area contributed by atoms with E-state index in [1.54, 1.807) is 24.3 Å². The van der Waals surface area contributed by atoms with Crippen molar-refractivity contribution in [2.24, 2.45) is 0 Å². The van der Waals surface area contributed by atoms with Gasteiger partial charge in [-0.25, -0.2) is 0 Å². The van der Waals surface area contributed by atoms with Crippen LogP contribution in [0.4, 0.5) is 0 Å². The fraction of sp³-hybridized carbons (Fsp3) is 0.316. The van der Waals surface area contributed by atoms with Crippen molar-refractivity contribution in [1.82, 2.24) is 10.2 Å². The Labute approximate surface area is 161 Å². The van der Waals surface area contributed by atoms with Crippen LogP contribution in [0.1, 0.15) is 22.5 Å². The predicted octanol–water partition coefficient (Wildman–Crippen LogP) is 1.53. The lowest BCUT2D eigenvalue weighted by Crippen LogP contribution is -2.37. The van der Waals surface area contributed by atoms with Crippen LogP contribution in [0.5, 0.6) is 11.5 Å². The summed E-state index contributed by atoms with van der Waals surface area (Å²) in [4.78, 5) is 36.7. The molecule has 0 unspecified atom stereocenters. The normalized spacial score (nSPS) is 10.2. The molecule has 0 radical (unpaired) electrons. The summed E-state index contributed by atoms with van der Waals surface area (Å²) in [5.41, 5.74) is 0.658. The number of nitrogens with zero attached hydrogens (tertiary/aromatic N) is 1. The third kappa shape index (κ3) is 6.04. The Balaban J connectivity index is 2.01. The molecule has 0 spiro atoms. The average Bonchev–Trinajstić information content (AvgIpc) is 3.21. The lowest BCUT2D eigenvalue weighted by molar-refractivity contribution is -0.144. The van der Waals surface area contributed by atoms with E-state index in [2.05, 4.69) is 5.32 Å². The van der Waals surface area contributed by atoms with Crippen LogP contribution in [-0.2, 0) is 16.1 Å². The molecule has 0 aliphatic carbocycles. The molecule has 0 aliphatic heterocycles. The number of carbonyl (C=O) groups is 3. The molecular formula is C19H22N2O7. The number of nitrogens with one attached hydrogen (secondary N) is 1. The number of benzene rings is 1. The molecular weight excluding hydrogens is 368 g/mol. The van der Waals surface area contributed by atoms with Gasteiger partial charge in [0.2, 0.25) is 5.91 Å². The largest absolute Gasteiger partial charge is 0.497 e. The van der Waals surface area contributed by atoms with Gasteiger partial charge in [0.1, 0.15) is 18.0 Å². The zero-order valence-corrected chi connectivity index (χ0v) is 15.6. The van der Waals surface area contributed by atoms with Gasteiger partial charge >= 0.3 is 5.97 Å². The fourth-order valence-corrected chi connectivity index (χ4v) is 2.51. The number of amides is 2. The molecule has 2 aromatic rings. The molecule has 1 aromatic carbocycles. The Morgan fingerprint density at radius 3 is 2.36 bits per heavy atom. The third-order valence-corrected chi connectivity index (χ3v) is 3.83. The van der Waals surface area contributed by atoms with Gasteiger partial charge in [-0.1, -0.05) is 0 Å². The summed E-state index contributed by atoms with van der Waals surface area (Å²) in [6.07, 6.45) is 1.32. The predicted molar refractivity (Wildman–Crippen MR) is 98.3 cm³/mol. The summed E-state index contributed by atoms with van der Waals surface area (Å²) in [5.74, 6) is -0.796. The molecule has 150 valence electrons. The lowest BCUT2D eigenvalue weighted by Gasteiger charge is -2.21. The van der Waals surface area contributed by atoms with Crippen LogP contribution in [0.3, 0.4) is 0 Å². The van der Waals surface area contributed by atoms with E-state index < -0.39 is 24.3 Å². The second kappa shape index (κ2) is 10.0. The summed E-state index contributed by atoms with van der Waals surface area (Å²) < 4.78 is 15.3. The van der Waals surface area contributed by atoms with Crippen LogP contribution < -0.4 is 14.8 Å². The number of furan rings is 1. The van der Waals surface area contributed by atoms with Crippen molar-refractivity contribution in [2.45, 2.75) is 13.0 Å². The number of aliphatic carboxylic acids is 1. The van der Waals surface area contributed by atoms with Gasteiger partial charge in [0.25, 0.3) is 5.91 Å². The molecule has 0 saturated carbocycles. The van der Waals surface area contributed by atoms with Crippen molar-refractivity contribution in [2.75, 3.05) is 27.3 Å². The van der Waals surface area contributed by atoms with Crippen LogP contribution in [0.25, 0.3) is 0 Å². The van der Waals surface area contributed by atoms with Gasteiger partial charge in [-0.05, 0) is 29.8 Å². The molecule has 2 N–H and O–H groups in total. The van der Waals surface area contributed by atoms with Crippen LogP contribution in [0, 0.1) is 0 Å². The highest BCUT2D eigenvalue weighted by Gasteiger charge is 2.18. The van der Waals surface area contributed by atoms with E-state index in [-0.39, 0.29) is 25.3 Å². The number of carboxylic acid groups (broad SMARTS) is 1. The SMILES string of the molecule is COc1cc(CN(CC(=O)O)C(=O)CCNC(=O)c2ccco2)cc(OC)c1. The zero-order valence-electron chi connectivity index (χ0n) is 15.6. The maximum absolute atomic E-state index is 12.5. The highest BCUT2D eigenvalue weighted by Crippen LogP contribution is 2.23. The minimum atomic E-state index is -1.14. The molecule has 9 heteroatoms. The average molecular weight is 390 g/mol. The summed E-state index contributed by atoms with van der Waals surface area (Å²) >= 11 is 0. The Morgan fingerprint density at radius 2 is 1.82 bits per heavy atom. The molecule has 9 nitrogen and oxygen atoms in total. The second-order valence-corrected chi connectivity index (χ2v) is 5.85. The van der Waals surface area contributed by atoms with E-state index in [4.69, 9.17) is 19.0 Å². The van der Waals surface area contributed by atoms with E-state index in [1.165, 1.54) is 31.4 Å². The number of hydrogen-bond acceptors (Lipinski definition) is 6. The molecule has 0 aliphatic rings. The van der Waals surface area contributed by atoms with Gasteiger partial charge < -0.3 is 29.2 Å². The van der Waals surface area contributed by atoms with E-state index in [0.717, 1.165) is 0 Å². The first-order valence-corrected chi connectivity index (χ1v) is 8.46. The van der Waals surface area contributed by atoms with Crippen molar-refractivity contribution in [3.63, 3.8) is 0 Å². The summed E-state index contributed by atoms with van der Waals surface area (Å²) in [5, 5.41) is 11.7. The number of hydrogen-bond donors (Lipinski definition) is 2. The smallest absolute Gasteiger partial charge is 0.323 e. The number of carboxylic acids is 1. The summed E-state index contributed by atoms with van der Waals surface area (Å²) in [7, 11) is 3.00. The first-order valence-electron chi connectivity index (χ1n) is 8.46. The highest BCUT2D eigenvalue weighted by molar-refractivity contribution is 5.91. The Bertz CT molecular complexity index is 795. The van der Waals surface area contributed by atoms with E-state index >= 15 is 0 Å². The van der Waals surface area contributed by atoms with Crippen LogP contribution in [-0.4, -0.2) is 55.1 Å². The van der Waals surface area contributed by atoms with Gasteiger partial charge in [0.15, 0.2) is 5.76 Å². The van der Waals surface area contributed by atoms with Crippen molar-refractivity contribution in [3.8, 4) is 11.5 Å². The van der Waals surface area contributed by atoms with Gasteiger partial charge in [0, 0.05) is 25.6 Å². The van der Waals surface area contributed by atoms with E-state index in [9.17, 15) is 14.4 Å². The molecule has 2 rings (SSSR count). The van der Waals surface area contributed by atoms with Crippen molar-refractivity contribution < 1.29 is 33.4 Å². The first-order chi connectivity index (χ1) is 13.4. The van der Waals surface area contributed by atoms with E-state index in [0.29, 0.717) is 17.1 Å². The summed E-state index contributed by atoms with van der Waals surface area (Å²) in [6.45, 7) is -0.356. The fourth-order valence-electron chi connectivity index (χ4n) is 2.51. The molecule has 0 saturated heterocycles. The minimum absolute atomic E-state index is 0.0515. The van der Waals surface area contributed by atoms with Crippen LogP contribution in [0.2, 0.25) is 0 Å². The lowest BCUT2D eigenvalue weighted by atomic mass is 10.1. The molecule has 0 atom stereocenters. The van der Waals surface area contributed by atoms with Crippen LogP contribution in [0.15, 0.2) is 41.0 Å². The molecule has 2 amide bonds. The zero-order chi connectivity index (χ0) is 20.5. The standard InChI is InChI=1S/C19H22N2O7/c1-26-14-8-13(9-15(10-14)27-2)11-21(12-18(23)24)17(22)5-6-20-19(25)16-4-3-7-28-16/h3-4,7-10H,5-6,11-12H2,1-2H3,(H,20,25)(H,23,24). The summed E-state index contributed by atoms with van der Waals surface area (Å²) in [6, 6.07) is 8.16. The van der Waals surface area contributed by atoms with Crippen molar-refractivity contribution in [1.29, 1.82) is 0 Å². The van der Waals surface area contributed by atoms with Gasteiger partial charge in [-0.15, -0.1) is 0 Å². The number of ether oxygens (including phenoxy) is 2. The van der Waals surface area contributed by atoms with E-state index in [1.807, 2.05) is 0 Å². The molecule has 1 heterocycles. The minimum Gasteiger partial charge on any atom is -0.497 e. The number of rotatable bonds is 10. The maximum Gasteiger partial charge on any atom is 0.323 e. The number of carbonyl (C=O) groups excluding carboxylic acids is 2. The molecule has 28 heavy (non-hydrogen) atoms. The van der Waals surface area contributed by atoms with Crippen LogP contribution >= 0.6 is 0 Å². The Kier molecular flexibility index (Phi) is 7.44. The van der Waals surface area contributed by atoms with Crippen molar-refractivity contribution >= 4 is 17.8 Å². The Morgan fingerprint density at radius 1 is 1.14 bits per heavy atom. The Hall–Kier alpha value is -3.49. The van der Waals surface area contributed by atoms with Gasteiger partial charge in [0.05, 0.1) is 20.5 Å². The molecule has 0 bridgehead atoms. The van der Waals surface area contributed by atoms with Gasteiger partial charge in [-0.2, -0.15) is 0 Å². The number of methoxy groups -OCH3 is 2. The third-order valence-electron chi connectivity index (χ3n) is 3.83. The molecule has 1 aromatic heterocycles. The topological polar surface area (TPSA) is 118 Å². The van der Waals surface area contributed by atoms with Gasteiger partial charge in [-0.3, -0.25) is 14.4 Å². The van der Waals surface area contributed by atoms with Crippen molar-refractivity contribution in [3.05, 3.63) is 47.9 Å². The molecule has 0 fully saturated rings. The highest BCUT2D eigenvalue weighted by atomic mass is 16.5. The maximum atomic E-state index is 12.5. The first kappa shape index (κ1) is 20.8. The monoisotopic (exact) mass is 390 g/mol. The second-order valence-electron chi connectivity index (χ2n) is 5.85.